The third kappa shape index (κ3) is 2.87. The van der Waals surface area contributed by atoms with Crippen LogP contribution in [0.3, 0.4) is 0 Å². The van der Waals surface area contributed by atoms with Crippen molar-refractivity contribution in [2.45, 2.75) is 38.6 Å². The summed E-state index contributed by atoms with van der Waals surface area (Å²) < 4.78 is 28.7. The molecule has 2 fully saturated rings. The molecule has 2 atom stereocenters. The number of hydrogen-bond acceptors (Lipinski definition) is 3. The maximum atomic E-state index is 12.6. The Morgan fingerprint density at radius 2 is 1.94 bits per heavy atom. The molecule has 5 nitrogen and oxygen atoms in total. The predicted molar refractivity (Wildman–Crippen MR) is 72.5 cm³/mol. The Bertz CT molecular complexity index is 372. The quantitative estimate of drug-likeness (QED) is 0.819. The second kappa shape index (κ2) is 5.86. The highest BCUT2D eigenvalue weighted by molar-refractivity contribution is 7.86. The molecule has 0 aliphatic carbocycles. The summed E-state index contributed by atoms with van der Waals surface area (Å²) in [6.07, 6.45) is 4.09. The van der Waals surface area contributed by atoms with E-state index in [-0.39, 0.29) is 6.04 Å². The van der Waals surface area contributed by atoms with E-state index in [1.165, 1.54) is 0 Å². The van der Waals surface area contributed by atoms with Gasteiger partial charge in [-0.15, -0.1) is 0 Å². The zero-order chi connectivity index (χ0) is 13.2. The first-order valence-electron chi connectivity index (χ1n) is 6.97. The minimum Gasteiger partial charge on any atom is -0.318 e. The first kappa shape index (κ1) is 14.2. The van der Waals surface area contributed by atoms with Crippen molar-refractivity contribution >= 4 is 10.2 Å². The molecule has 2 saturated heterocycles. The van der Waals surface area contributed by atoms with Crippen LogP contribution in [0.15, 0.2) is 0 Å². The van der Waals surface area contributed by atoms with E-state index >= 15 is 0 Å². The fourth-order valence-electron chi connectivity index (χ4n) is 3.06. The van der Waals surface area contributed by atoms with E-state index in [2.05, 4.69) is 12.2 Å². The SMILES string of the molecule is CNC[C@H]1CCCN1S(=O)(=O)N1CCC[C@@H](C)C1. The molecule has 0 bridgehead atoms. The summed E-state index contributed by atoms with van der Waals surface area (Å²) in [5, 5.41) is 3.10. The van der Waals surface area contributed by atoms with Gasteiger partial charge in [0.15, 0.2) is 0 Å². The number of rotatable bonds is 4. The Labute approximate surface area is 111 Å². The van der Waals surface area contributed by atoms with Gasteiger partial charge in [-0.05, 0) is 38.6 Å². The van der Waals surface area contributed by atoms with Crippen molar-refractivity contribution in [2.75, 3.05) is 33.2 Å². The second-order valence-electron chi connectivity index (χ2n) is 5.58. The Morgan fingerprint density at radius 3 is 2.61 bits per heavy atom. The third-order valence-corrected chi connectivity index (χ3v) is 6.06. The van der Waals surface area contributed by atoms with Crippen LogP contribution in [0.25, 0.3) is 0 Å². The zero-order valence-corrected chi connectivity index (χ0v) is 12.2. The van der Waals surface area contributed by atoms with Crippen LogP contribution in [0.1, 0.15) is 32.6 Å². The lowest BCUT2D eigenvalue weighted by atomic mass is 10.0. The summed E-state index contributed by atoms with van der Waals surface area (Å²) in [4.78, 5) is 0. The largest absolute Gasteiger partial charge is 0.318 e. The van der Waals surface area contributed by atoms with Gasteiger partial charge in [-0.1, -0.05) is 6.92 Å². The molecule has 0 aromatic carbocycles. The van der Waals surface area contributed by atoms with Crippen LogP contribution in [0.4, 0.5) is 0 Å². The molecule has 0 saturated carbocycles. The number of nitrogens with one attached hydrogen (secondary N) is 1. The predicted octanol–water partition coefficient (Wildman–Crippen LogP) is 0.647. The van der Waals surface area contributed by atoms with E-state index in [0.717, 1.165) is 32.2 Å². The summed E-state index contributed by atoms with van der Waals surface area (Å²) in [6, 6.07) is 0.136. The van der Waals surface area contributed by atoms with Crippen LogP contribution < -0.4 is 5.32 Å². The monoisotopic (exact) mass is 275 g/mol. The molecule has 0 aromatic rings. The molecule has 6 heteroatoms. The van der Waals surface area contributed by atoms with Gasteiger partial charge in [0.1, 0.15) is 0 Å². The molecule has 2 aliphatic heterocycles. The molecule has 2 rings (SSSR count). The van der Waals surface area contributed by atoms with Gasteiger partial charge < -0.3 is 5.32 Å². The molecule has 0 unspecified atom stereocenters. The Balaban J connectivity index is 2.09. The van der Waals surface area contributed by atoms with Crippen molar-refractivity contribution in [3.05, 3.63) is 0 Å². The lowest BCUT2D eigenvalue weighted by Gasteiger charge is -2.35. The molecule has 2 heterocycles. The van der Waals surface area contributed by atoms with Gasteiger partial charge in [-0.25, -0.2) is 0 Å². The molecule has 0 radical (unpaired) electrons. The van der Waals surface area contributed by atoms with Crippen LogP contribution in [0, 0.1) is 5.92 Å². The first-order valence-corrected chi connectivity index (χ1v) is 8.37. The fourth-order valence-corrected chi connectivity index (χ4v) is 5.07. The minimum atomic E-state index is -3.24. The number of likely N-dealkylation sites (N-methyl/N-ethyl adjacent to an activating group) is 1. The van der Waals surface area contributed by atoms with Crippen molar-refractivity contribution < 1.29 is 8.42 Å². The van der Waals surface area contributed by atoms with Crippen molar-refractivity contribution in [3.63, 3.8) is 0 Å². The van der Waals surface area contributed by atoms with Crippen LogP contribution in [-0.4, -0.2) is 56.3 Å². The molecule has 0 aromatic heterocycles. The second-order valence-corrected chi connectivity index (χ2v) is 7.46. The highest BCUT2D eigenvalue weighted by Gasteiger charge is 2.38. The zero-order valence-electron chi connectivity index (χ0n) is 11.4. The van der Waals surface area contributed by atoms with Crippen LogP contribution in [-0.2, 0) is 10.2 Å². The van der Waals surface area contributed by atoms with E-state index in [1.807, 2.05) is 7.05 Å². The van der Waals surface area contributed by atoms with E-state index in [1.54, 1.807) is 8.61 Å². The molecular formula is C12H25N3O2S. The van der Waals surface area contributed by atoms with E-state index < -0.39 is 10.2 Å². The van der Waals surface area contributed by atoms with Crippen molar-refractivity contribution in [1.82, 2.24) is 13.9 Å². The smallest absolute Gasteiger partial charge is 0.282 e. The number of hydrogen-bond donors (Lipinski definition) is 1. The minimum absolute atomic E-state index is 0.136. The lowest BCUT2D eigenvalue weighted by molar-refractivity contribution is 0.253. The van der Waals surface area contributed by atoms with Gasteiger partial charge in [0.05, 0.1) is 0 Å². The highest BCUT2D eigenvalue weighted by Crippen LogP contribution is 2.26. The third-order valence-electron chi connectivity index (χ3n) is 4.01. The maximum absolute atomic E-state index is 12.6. The normalized spacial score (nSPS) is 31.9. The highest BCUT2D eigenvalue weighted by atomic mass is 32.2. The van der Waals surface area contributed by atoms with Crippen LogP contribution in [0.2, 0.25) is 0 Å². The molecule has 106 valence electrons. The Hall–Kier alpha value is -0.170. The maximum Gasteiger partial charge on any atom is 0.282 e. The summed E-state index contributed by atoms with van der Waals surface area (Å²) in [5.74, 6) is 0.485. The lowest BCUT2D eigenvalue weighted by Crippen LogP contribution is -2.50. The summed E-state index contributed by atoms with van der Waals surface area (Å²) in [6.45, 7) is 4.94. The van der Waals surface area contributed by atoms with Gasteiger partial charge in [0.2, 0.25) is 0 Å². The number of piperidine rings is 1. The molecule has 0 spiro atoms. The molecule has 2 aliphatic rings. The van der Waals surface area contributed by atoms with Gasteiger partial charge in [0.25, 0.3) is 10.2 Å². The van der Waals surface area contributed by atoms with Crippen molar-refractivity contribution in [3.8, 4) is 0 Å². The van der Waals surface area contributed by atoms with Crippen LogP contribution >= 0.6 is 0 Å². The van der Waals surface area contributed by atoms with E-state index in [0.29, 0.717) is 25.6 Å². The van der Waals surface area contributed by atoms with Gasteiger partial charge in [-0.2, -0.15) is 17.0 Å². The molecule has 1 N–H and O–H groups in total. The summed E-state index contributed by atoms with van der Waals surface area (Å²) in [7, 11) is -1.36. The standard InChI is InChI=1S/C12H25N3O2S/c1-11-5-3-7-14(10-11)18(16,17)15-8-4-6-12(15)9-13-2/h11-13H,3-10H2,1-2H3/t11-,12-/m1/s1. The molecule has 18 heavy (non-hydrogen) atoms. The average Bonchev–Trinajstić information content (AvgIpc) is 2.78. The van der Waals surface area contributed by atoms with Gasteiger partial charge in [-0.3, -0.25) is 0 Å². The molecule has 0 amide bonds. The summed E-state index contributed by atoms with van der Waals surface area (Å²) >= 11 is 0. The average molecular weight is 275 g/mol. The topological polar surface area (TPSA) is 52.7 Å². The van der Waals surface area contributed by atoms with E-state index in [4.69, 9.17) is 0 Å². The summed E-state index contributed by atoms with van der Waals surface area (Å²) in [5.41, 5.74) is 0. The van der Waals surface area contributed by atoms with Gasteiger partial charge >= 0.3 is 0 Å². The van der Waals surface area contributed by atoms with Crippen LogP contribution in [0.5, 0.6) is 0 Å². The van der Waals surface area contributed by atoms with E-state index in [9.17, 15) is 8.42 Å². The fraction of sp³-hybridized carbons (Fsp3) is 1.00. The Kier molecular flexibility index (Phi) is 4.64. The first-order chi connectivity index (χ1) is 8.55. The Morgan fingerprint density at radius 1 is 1.22 bits per heavy atom. The van der Waals surface area contributed by atoms with Crippen molar-refractivity contribution in [2.24, 2.45) is 5.92 Å². The van der Waals surface area contributed by atoms with Gasteiger partial charge in [0, 0.05) is 32.2 Å². The van der Waals surface area contributed by atoms with Crippen molar-refractivity contribution in [1.29, 1.82) is 0 Å². The molecular weight excluding hydrogens is 250 g/mol. The number of nitrogens with zero attached hydrogens (tertiary/aromatic N) is 2.